The van der Waals surface area contributed by atoms with Crippen molar-refractivity contribution in [3.8, 4) is 27.9 Å². The van der Waals surface area contributed by atoms with Gasteiger partial charge < -0.3 is 0 Å². The van der Waals surface area contributed by atoms with Crippen molar-refractivity contribution in [2.45, 2.75) is 0 Å². The van der Waals surface area contributed by atoms with E-state index >= 15 is 0 Å². The topological polar surface area (TPSA) is 17.8 Å². The Labute approximate surface area is 285 Å². The second-order valence-corrected chi connectivity index (χ2v) is 12.4. The van der Waals surface area contributed by atoms with Crippen molar-refractivity contribution >= 4 is 54.1 Å². The minimum absolute atomic E-state index is 1.03. The molecule has 0 bridgehead atoms. The van der Waals surface area contributed by atoms with E-state index in [1.54, 1.807) is 0 Å². The summed E-state index contributed by atoms with van der Waals surface area (Å²) >= 11 is 0. The Hall–Kier alpha value is -6.51. The van der Waals surface area contributed by atoms with Crippen molar-refractivity contribution in [2.24, 2.45) is 0 Å². The highest BCUT2D eigenvalue weighted by Crippen LogP contribution is 2.44. The predicted molar refractivity (Wildman–Crippen MR) is 208 cm³/mol. The van der Waals surface area contributed by atoms with E-state index in [4.69, 9.17) is 0 Å². The highest BCUT2D eigenvalue weighted by atomic mass is 15.0. The van der Waals surface area contributed by atoms with Crippen molar-refractivity contribution in [3.05, 3.63) is 194 Å². The van der Waals surface area contributed by atoms with Gasteiger partial charge in [0.2, 0.25) is 0 Å². The number of nitrogens with zero attached hydrogens (tertiary/aromatic N) is 2. The highest BCUT2D eigenvalue weighted by Gasteiger charge is 2.17. The molecular formula is C47H32N2. The first kappa shape index (κ1) is 28.7. The smallest absolute Gasteiger partial charge is 0.100 e. The largest absolute Gasteiger partial charge is 0.299 e. The molecule has 0 spiro atoms. The van der Waals surface area contributed by atoms with Crippen LogP contribution in [0, 0.1) is 0 Å². The lowest BCUT2D eigenvalue weighted by Crippen LogP contribution is -1.91. The molecule has 0 aliphatic heterocycles. The van der Waals surface area contributed by atoms with Gasteiger partial charge >= 0.3 is 0 Å². The maximum Gasteiger partial charge on any atom is 0.100 e. The minimum atomic E-state index is 1.03. The average Bonchev–Trinajstić information content (AvgIpc) is 3.61. The molecule has 0 N–H and O–H groups in total. The third-order valence-electron chi connectivity index (χ3n) is 9.50. The Kier molecular flexibility index (Phi) is 7.18. The molecule has 49 heavy (non-hydrogen) atoms. The molecule has 10 rings (SSSR count). The summed E-state index contributed by atoms with van der Waals surface area (Å²) in [6.45, 7) is 0. The van der Waals surface area contributed by atoms with Gasteiger partial charge in [-0.2, -0.15) is 0 Å². The van der Waals surface area contributed by atoms with Crippen LogP contribution in [-0.4, -0.2) is 9.55 Å². The van der Waals surface area contributed by atoms with Crippen LogP contribution >= 0.6 is 0 Å². The summed E-state index contributed by atoms with van der Waals surface area (Å²) in [5, 5.41) is 10.2. The first-order valence-corrected chi connectivity index (χ1v) is 16.7. The molecule has 1 aromatic heterocycles. The standard InChI is InChI=1S/C34H22.C13H10N2/c1-3-11-25-21-27(19-17-23(25)9-1)33-29-13-5-7-15-31(29)34(32-16-8-6-14-30(32)33)28-20-18-24-10-2-4-12-26(24)22-28;1-2-6-11(7-3-1)15-10-14-12-8-4-5-9-13(12)15/h1-22H;1-10H. The Bertz CT molecular complexity index is 2580. The summed E-state index contributed by atoms with van der Waals surface area (Å²) in [7, 11) is 0. The molecule has 1 heterocycles. The van der Waals surface area contributed by atoms with Crippen LogP contribution in [0.1, 0.15) is 0 Å². The van der Waals surface area contributed by atoms with E-state index in [9.17, 15) is 0 Å². The van der Waals surface area contributed by atoms with Crippen LogP contribution in [0.5, 0.6) is 0 Å². The number of hydrogen-bond donors (Lipinski definition) is 0. The van der Waals surface area contributed by atoms with Crippen LogP contribution in [0.3, 0.4) is 0 Å². The summed E-state index contributed by atoms with van der Waals surface area (Å²) in [6, 6.07) is 67.0. The van der Waals surface area contributed by atoms with Gasteiger partial charge in [-0.3, -0.25) is 4.57 Å². The fraction of sp³-hybridized carbons (Fsp3) is 0. The second-order valence-electron chi connectivity index (χ2n) is 12.4. The molecule has 9 aromatic carbocycles. The maximum absolute atomic E-state index is 4.36. The van der Waals surface area contributed by atoms with Gasteiger partial charge in [0.25, 0.3) is 0 Å². The molecule has 2 nitrogen and oxygen atoms in total. The number of imidazole rings is 1. The van der Waals surface area contributed by atoms with Gasteiger partial charge in [-0.25, -0.2) is 4.98 Å². The number of aromatic nitrogens is 2. The third kappa shape index (κ3) is 5.21. The summed E-state index contributed by atoms with van der Waals surface area (Å²) in [5.41, 5.74) is 8.45. The van der Waals surface area contributed by atoms with Crippen molar-refractivity contribution < 1.29 is 0 Å². The monoisotopic (exact) mass is 624 g/mol. The first-order chi connectivity index (χ1) is 24.3. The maximum atomic E-state index is 4.36. The van der Waals surface area contributed by atoms with Crippen LogP contribution < -0.4 is 0 Å². The fourth-order valence-electron chi connectivity index (χ4n) is 7.19. The van der Waals surface area contributed by atoms with E-state index < -0.39 is 0 Å². The van der Waals surface area contributed by atoms with Crippen molar-refractivity contribution in [1.29, 1.82) is 0 Å². The van der Waals surface area contributed by atoms with Crippen molar-refractivity contribution in [3.63, 3.8) is 0 Å². The van der Waals surface area contributed by atoms with Crippen LogP contribution in [-0.2, 0) is 0 Å². The van der Waals surface area contributed by atoms with Crippen molar-refractivity contribution in [1.82, 2.24) is 9.55 Å². The Morgan fingerprint density at radius 3 is 1.31 bits per heavy atom. The molecule has 0 saturated heterocycles. The molecule has 0 radical (unpaired) electrons. The zero-order valence-corrected chi connectivity index (χ0v) is 26.9. The van der Waals surface area contributed by atoms with Gasteiger partial charge in [0.1, 0.15) is 6.33 Å². The fourth-order valence-corrected chi connectivity index (χ4v) is 7.19. The summed E-state index contributed by atoms with van der Waals surface area (Å²) in [6.07, 6.45) is 1.86. The predicted octanol–water partition coefficient (Wildman–Crippen LogP) is 12.7. The summed E-state index contributed by atoms with van der Waals surface area (Å²) < 4.78 is 2.09. The van der Waals surface area contributed by atoms with Gasteiger partial charge in [-0.15, -0.1) is 0 Å². The quantitative estimate of drug-likeness (QED) is 0.179. The van der Waals surface area contributed by atoms with E-state index in [0.717, 1.165) is 16.7 Å². The molecule has 0 amide bonds. The number of fused-ring (bicyclic) bond motifs is 5. The van der Waals surface area contributed by atoms with Gasteiger partial charge in [0, 0.05) is 5.69 Å². The zero-order valence-electron chi connectivity index (χ0n) is 26.9. The number of para-hydroxylation sites is 3. The Balaban J connectivity index is 0.000000180. The average molecular weight is 625 g/mol. The molecular weight excluding hydrogens is 593 g/mol. The third-order valence-corrected chi connectivity index (χ3v) is 9.50. The summed E-state index contributed by atoms with van der Waals surface area (Å²) in [5.74, 6) is 0. The van der Waals surface area contributed by atoms with Gasteiger partial charge in [-0.05, 0) is 102 Å². The molecule has 2 heteroatoms. The van der Waals surface area contributed by atoms with Gasteiger partial charge in [-0.1, -0.05) is 152 Å². The molecule has 0 atom stereocenters. The molecule has 0 fully saturated rings. The highest BCUT2D eigenvalue weighted by molar-refractivity contribution is 6.22. The van der Waals surface area contributed by atoms with Crippen LogP contribution in [0.4, 0.5) is 0 Å². The van der Waals surface area contributed by atoms with Crippen LogP contribution in [0.15, 0.2) is 194 Å². The van der Waals surface area contributed by atoms with Crippen LogP contribution in [0.2, 0.25) is 0 Å². The number of hydrogen-bond acceptors (Lipinski definition) is 1. The SMILES string of the molecule is c1ccc(-n2cnc3ccccc32)cc1.c1ccc2cc(-c3c4ccccc4c(-c4ccc5ccccc5c4)c4ccccc34)ccc2c1. The van der Waals surface area contributed by atoms with E-state index in [0.29, 0.717) is 0 Å². The zero-order chi connectivity index (χ0) is 32.6. The van der Waals surface area contributed by atoms with E-state index in [-0.39, 0.29) is 0 Å². The number of benzene rings is 9. The molecule has 230 valence electrons. The normalized spacial score (nSPS) is 11.3. The molecule has 0 saturated carbocycles. The molecule has 10 aromatic rings. The Morgan fingerprint density at radius 1 is 0.347 bits per heavy atom. The van der Waals surface area contributed by atoms with E-state index in [1.807, 2.05) is 42.7 Å². The van der Waals surface area contributed by atoms with E-state index in [1.165, 1.54) is 65.3 Å². The number of rotatable bonds is 3. The van der Waals surface area contributed by atoms with Gasteiger partial charge in [0.05, 0.1) is 11.0 Å². The lowest BCUT2D eigenvalue weighted by molar-refractivity contribution is 1.09. The van der Waals surface area contributed by atoms with Crippen LogP contribution in [0.25, 0.3) is 82.1 Å². The van der Waals surface area contributed by atoms with E-state index in [2.05, 4.69) is 161 Å². The molecule has 0 aliphatic rings. The van der Waals surface area contributed by atoms with Crippen molar-refractivity contribution in [2.75, 3.05) is 0 Å². The first-order valence-electron chi connectivity index (χ1n) is 16.7. The lowest BCUT2D eigenvalue weighted by Gasteiger charge is -2.18. The lowest BCUT2D eigenvalue weighted by atomic mass is 9.85. The second kappa shape index (κ2) is 12.3. The minimum Gasteiger partial charge on any atom is -0.299 e. The molecule has 0 aliphatic carbocycles. The summed E-state index contributed by atoms with van der Waals surface area (Å²) in [4.78, 5) is 4.36. The van der Waals surface area contributed by atoms with Gasteiger partial charge in [0.15, 0.2) is 0 Å². The molecule has 0 unspecified atom stereocenters. The Morgan fingerprint density at radius 2 is 0.776 bits per heavy atom.